The molecule has 0 spiro atoms. The van der Waals surface area contributed by atoms with E-state index in [-0.39, 0.29) is 43.7 Å². The highest BCUT2D eigenvalue weighted by molar-refractivity contribution is 5.71. The Labute approximate surface area is 283 Å². The van der Waals surface area contributed by atoms with E-state index in [1.54, 1.807) is 23.3 Å². The van der Waals surface area contributed by atoms with Crippen LogP contribution in [0.2, 0.25) is 0 Å². The lowest BCUT2D eigenvalue weighted by Gasteiger charge is -2.56. The minimum absolute atomic E-state index is 0.0230. The third kappa shape index (κ3) is 14.0. The zero-order chi connectivity index (χ0) is 33.2. The molecule has 0 aromatic carbocycles. The minimum atomic E-state index is -0.413. The summed E-state index contributed by atoms with van der Waals surface area (Å²) in [7, 11) is 0. The predicted molar refractivity (Wildman–Crippen MR) is 183 cm³/mol. The molecule has 1 heterocycles. The number of carbonyl (C=O) groups is 3. The monoisotopic (exact) mass is 652 g/mol. The highest BCUT2D eigenvalue weighted by Gasteiger charge is 2.51. The first-order chi connectivity index (χ1) is 22.9. The van der Waals surface area contributed by atoms with Crippen molar-refractivity contribution in [1.29, 1.82) is 0 Å². The van der Waals surface area contributed by atoms with E-state index in [1.165, 1.54) is 51.4 Å². The molecule has 4 aliphatic rings. The van der Waals surface area contributed by atoms with Gasteiger partial charge in [0.05, 0.1) is 18.7 Å². The van der Waals surface area contributed by atoms with E-state index < -0.39 is 11.9 Å². The maximum Gasteiger partial charge on any atom is 0.326 e. The van der Waals surface area contributed by atoms with Crippen LogP contribution in [0, 0.1) is 29.1 Å². The summed E-state index contributed by atoms with van der Waals surface area (Å²) in [5.41, 5.74) is 0.104. The molecule has 0 aliphatic heterocycles. The molecule has 0 N–H and O–H groups in total. The summed E-state index contributed by atoms with van der Waals surface area (Å²) in [6.07, 6.45) is 34.6. The molecule has 1 aromatic rings. The number of allylic oxidation sites excluding steroid dienone is 4. The summed E-state index contributed by atoms with van der Waals surface area (Å²) >= 11 is 0. The van der Waals surface area contributed by atoms with Gasteiger partial charge in [-0.1, -0.05) is 63.3 Å². The number of rotatable bonds is 24. The van der Waals surface area contributed by atoms with Crippen molar-refractivity contribution in [1.82, 2.24) is 9.55 Å². The molecule has 4 fully saturated rings. The normalized spacial score (nSPS) is 23.8. The number of aromatic nitrogens is 2. The van der Waals surface area contributed by atoms with Crippen molar-refractivity contribution in [3.05, 3.63) is 43.0 Å². The summed E-state index contributed by atoms with van der Waals surface area (Å²) in [4.78, 5) is 41.9. The van der Waals surface area contributed by atoms with E-state index in [0.717, 1.165) is 75.5 Å². The van der Waals surface area contributed by atoms with Crippen molar-refractivity contribution in [2.45, 2.75) is 135 Å². The number of ether oxygens (including phenoxy) is 3. The molecule has 4 bridgehead atoms. The van der Waals surface area contributed by atoms with Crippen LogP contribution in [0.15, 0.2) is 43.0 Å². The summed E-state index contributed by atoms with van der Waals surface area (Å²) in [6, 6.07) is 0. The number of hydrogen-bond donors (Lipinski definition) is 0. The molecule has 0 amide bonds. The van der Waals surface area contributed by atoms with E-state index in [0.29, 0.717) is 12.8 Å². The zero-order valence-electron chi connectivity index (χ0n) is 29.0. The lowest BCUT2D eigenvalue weighted by molar-refractivity contribution is -0.157. The maximum atomic E-state index is 13.0. The van der Waals surface area contributed by atoms with Crippen molar-refractivity contribution >= 4 is 17.9 Å². The molecule has 1 unspecified atom stereocenters. The van der Waals surface area contributed by atoms with Crippen molar-refractivity contribution in [2.75, 3.05) is 19.8 Å². The van der Waals surface area contributed by atoms with Gasteiger partial charge in [0.2, 0.25) is 0 Å². The number of esters is 3. The smallest absolute Gasteiger partial charge is 0.326 e. The second kappa shape index (κ2) is 20.5. The van der Waals surface area contributed by atoms with Crippen LogP contribution in [0.5, 0.6) is 0 Å². The van der Waals surface area contributed by atoms with Gasteiger partial charge in [-0.15, -0.1) is 0 Å². The van der Waals surface area contributed by atoms with Crippen LogP contribution >= 0.6 is 0 Å². The first-order valence-corrected chi connectivity index (χ1v) is 18.7. The summed E-state index contributed by atoms with van der Waals surface area (Å²) < 4.78 is 18.5. The Kier molecular flexibility index (Phi) is 16.1. The van der Waals surface area contributed by atoms with Gasteiger partial charge in [0.1, 0.15) is 26.4 Å². The van der Waals surface area contributed by atoms with Crippen molar-refractivity contribution in [2.24, 2.45) is 29.1 Å². The molecule has 1 aromatic heterocycles. The van der Waals surface area contributed by atoms with E-state index in [9.17, 15) is 14.4 Å². The SMILES string of the molecule is CCCCC/C=C\C/C=C\CCCCCCCC(=O)OCC(COC(=O)Cn1ccnc1)COC(=O)CC12CC3CC(CC(C3)C1)C2. The molecule has 4 saturated carbocycles. The van der Waals surface area contributed by atoms with Gasteiger partial charge in [-0.25, -0.2) is 4.98 Å². The number of unbranched alkanes of at least 4 members (excludes halogenated alkanes) is 8. The van der Waals surface area contributed by atoms with Gasteiger partial charge in [-0.05, 0) is 100 Å². The van der Waals surface area contributed by atoms with Gasteiger partial charge in [0.15, 0.2) is 0 Å². The quantitative estimate of drug-likeness (QED) is 0.0478. The average Bonchev–Trinajstić information content (AvgIpc) is 3.54. The highest BCUT2D eigenvalue weighted by atomic mass is 16.6. The predicted octanol–water partition coefficient (Wildman–Crippen LogP) is 8.55. The highest BCUT2D eigenvalue weighted by Crippen LogP contribution is 2.61. The van der Waals surface area contributed by atoms with Crippen molar-refractivity contribution < 1.29 is 28.6 Å². The van der Waals surface area contributed by atoms with Crippen LogP contribution in [0.3, 0.4) is 0 Å². The second-order valence-electron chi connectivity index (χ2n) is 14.7. The third-order valence-corrected chi connectivity index (χ3v) is 10.3. The van der Waals surface area contributed by atoms with E-state index in [2.05, 4.69) is 36.2 Å². The van der Waals surface area contributed by atoms with Crippen LogP contribution in [0.1, 0.15) is 129 Å². The molecule has 1 atom stereocenters. The first-order valence-electron chi connectivity index (χ1n) is 18.7. The topological polar surface area (TPSA) is 96.7 Å². The van der Waals surface area contributed by atoms with Gasteiger partial charge < -0.3 is 18.8 Å². The lowest BCUT2D eigenvalue weighted by Crippen LogP contribution is -2.47. The summed E-state index contributed by atoms with van der Waals surface area (Å²) in [5, 5.41) is 0. The fraction of sp³-hybridized carbons (Fsp3) is 0.744. The van der Waals surface area contributed by atoms with E-state index in [1.807, 2.05) is 0 Å². The molecule has 0 saturated heterocycles. The molecule has 47 heavy (non-hydrogen) atoms. The van der Waals surface area contributed by atoms with Gasteiger partial charge in [-0.2, -0.15) is 0 Å². The second-order valence-corrected chi connectivity index (χ2v) is 14.7. The number of hydrogen-bond acceptors (Lipinski definition) is 7. The molecule has 5 rings (SSSR count). The van der Waals surface area contributed by atoms with Crippen LogP contribution in [-0.2, 0) is 35.1 Å². The number of nitrogens with zero attached hydrogens (tertiary/aromatic N) is 2. The van der Waals surface area contributed by atoms with Crippen molar-refractivity contribution in [3.8, 4) is 0 Å². The van der Waals surface area contributed by atoms with Crippen molar-refractivity contribution in [3.63, 3.8) is 0 Å². The van der Waals surface area contributed by atoms with E-state index >= 15 is 0 Å². The Morgan fingerprint density at radius 1 is 0.766 bits per heavy atom. The Morgan fingerprint density at radius 2 is 1.34 bits per heavy atom. The third-order valence-electron chi connectivity index (χ3n) is 10.3. The number of carbonyl (C=O) groups excluding carboxylic acids is 3. The lowest BCUT2D eigenvalue weighted by atomic mass is 9.49. The number of imidazole rings is 1. The van der Waals surface area contributed by atoms with Crippen LogP contribution in [-0.4, -0.2) is 47.3 Å². The molecule has 262 valence electrons. The first kappa shape index (κ1) is 36.9. The Hall–Kier alpha value is -2.90. The fourth-order valence-corrected chi connectivity index (χ4v) is 8.37. The van der Waals surface area contributed by atoms with Gasteiger partial charge in [0.25, 0.3) is 0 Å². The molecule has 4 aliphatic carbocycles. The summed E-state index contributed by atoms with van der Waals surface area (Å²) in [6.45, 7) is 2.43. The standard InChI is InChI=1S/C39H60N2O6/c1-2-3-4-5-6-7-8-9-10-11-12-13-14-15-16-17-36(42)45-28-35(30-47-38(44)27-41-19-18-40-31-41)29-46-37(43)26-39-23-32-20-33(24-39)22-34(21-32)25-39/h6-7,9-10,18-19,31-35H,2-5,8,11-17,20-30H2,1H3/b7-6-,10-9-. The molecule has 0 radical (unpaired) electrons. The van der Waals surface area contributed by atoms with Gasteiger partial charge in [-0.3, -0.25) is 14.4 Å². The molecular formula is C39H60N2O6. The fourth-order valence-electron chi connectivity index (χ4n) is 8.37. The van der Waals surface area contributed by atoms with Gasteiger partial charge >= 0.3 is 17.9 Å². The van der Waals surface area contributed by atoms with Gasteiger partial charge in [0, 0.05) is 18.8 Å². The van der Waals surface area contributed by atoms with Crippen LogP contribution in [0.4, 0.5) is 0 Å². The Morgan fingerprint density at radius 3 is 1.96 bits per heavy atom. The Balaban J connectivity index is 1.09. The Bertz CT molecular complexity index is 1090. The largest absolute Gasteiger partial charge is 0.465 e. The molecular weight excluding hydrogens is 592 g/mol. The maximum absolute atomic E-state index is 13.0. The average molecular weight is 653 g/mol. The minimum Gasteiger partial charge on any atom is -0.465 e. The van der Waals surface area contributed by atoms with Crippen LogP contribution < -0.4 is 0 Å². The zero-order valence-corrected chi connectivity index (χ0v) is 29.0. The summed E-state index contributed by atoms with van der Waals surface area (Å²) in [5.74, 6) is 1.06. The van der Waals surface area contributed by atoms with E-state index in [4.69, 9.17) is 14.2 Å². The van der Waals surface area contributed by atoms with Crippen LogP contribution in [0.25, 0.3) is 0 Å². The molecule has 8 nitrogen and oxygen atoms in total. The molecule has 8 heteroatoms.